The summed E-state index contributed by atoms with van der Waals surface area (Å²) in [5.74, 6) is 1.78. The molecule has 0 amide bonds. The Morgan fingerprint density at radius 2 is 1.74 bits per heavy atom. The first-order chi connectivity index (χ1) is 16.9. The highest BCUT2D eigenvalue weighted by molar-refractivity contribution is 7.88. The lowest BCUT2D eigenvalue weighted by Gasteiger charge is -2.24. The third-order valence-corrected chi connectivity index (χ3v) is 7.63. The summed E-state index contributed by atoms with van der Waals surface area (Å²) >= 11 is 0. The minimum Gasteiger partial charge on any atom is -0.493 e. The van der Waals surface area contributed by atoms with Crippen LogP contribution in [-0.4, -0.2) is 58.5 Å². The van der Waals surface area contributed by atoms with Crippen LogP contribution >= 0.6 is 0 Å². The first-order valence-corrected chi connectivity index (χ1v) is 12.9. The van der Waals surface area contributed by atoms with E-state index in [0.29, 0.717) is 40.9 Å². The topological polar surface area (TPSA) is 100 Å². The van der Waals surface area contributed by atoms with E-state index in [2.05, 4.69) is 5.16 Å². The summed E-state index contributed by atoms with van der Waals surface area (Å²) in [6.45, 7) is 0.983. The van der Waals surface area contributed by atoms with E-state index < -0.39 is 10.0 Å². The Balaban J connectivity index is 1.59. The van der Waals surface area contributed by atoms with E-state index in [-0.39, 0.29) is 24.9 Å². The molecule has 9 nitrogen and oxygen atoms in total. The molecule has 0 bridgehead atoms. The molecule has 1 aliphatic rings. The molecule has 1 aliphatic heterocycles. The molecule has 0 N–H and O–H groups in total. The molecule has 0 saturated carbocycles. The van der Waals surface area contributed by atoms with Gasteiger partial charge >= 0.3 is 0 Å². The van der Waals surface area contributed by atoms with Gasteiger partial charge in [0.25, 0.3) is 0 Å². The number of benzene rings is 2. The molecule has 4 rings (SSSR count). The summed E-state index contributed by atoms with van der Waals surface area (Å²) in [6, 6.07) is 14.4. The molecule has 1 saturated heterocycles. The van der Waals surface area contributed by atoms with E-state index in [1.54, 1.807) is 30.3 Å². The maximum Gasteiger partial charge on any atom is 0.218 e. The number of hydrogen-bond acceptors (Lipinski definition) is 8. The van der Waals surface area contributed by atoms with E-state index in [4.69, 9.17) is 23.5 Å². The van der Waals surface area contributed by atoms with Crippen LogP contribution in [-0.2, 0) is 27.1 Å². The van der Waals surface area contributed by atoms with Gasteiger partial charge in [-0.05, 0) is 30.5 Å². The second-order valence-electron chi connectivity index (χ2n) is 8.27. The van der Waals surface area contributed by atoms with Gasteiger partial charge in [-0.3, -0.25) is 0 Å². The van der Waals surface area contributed by atoms with Crippen LogP contribution in [0, 0.1) is 0 Å². The Kier molecular flexibility index (Phi) is 7.94. The van der Waals surface area contributed by atoms with Crippen molar-refractivity contribution in [3.05, 3.63) is 59.8 Å². The number of nitrogens with zero attached hydrogens (tertiary/aromatic N) is 2. The summed E-state index contributed by atoms with van der Waals surface area (Å²) < 4.78 is 55.7. The highest BCUT2D eigenvalue weighted by atomic mass is 32.2. The van der Waals surface area contributed by atoms with Gasteiger partial charge in [-0.2, -0.15) is 4.31 Å². The second-order valence-corrected chi connectivity index (χ2v) is 10.2. The van der Waals surface area contributed by atoms with Crippen molar-refractivity contribution < 1.29 is 31.9 Å². The fraction of sp³-hybridized carbons (Fsp3) is 0.400. The molecule has 188 valence electrons. The Labute approximate surface area is 205 Å². The molecule has 2 heterocycles. The fourth-order valence-corrected chi connectivity index (χ4v) is 5.61. The number of hydrogen-bond donors (Lipinski definition) is 0. The Morgan fingerprint density at radius 1 is 1.03 bits per heavy atom. The van der Waals surface area contributed by atoms with E-state index in [1.165, 1.54) is 25.6 Å². The van der Waals surface area contributed by atoms with Crippen LogP contribution in [0.2, 0.25) is 0 Å². The minimum atomic E-state index is -3.63. The first kappa shape index (κ1) is 25.0. The van der Waals surface area contributed by atoms with Crippen LogP contribution in [0.15, 0.2) is 53.1 Å². The van der Waals surface area contributed by atoms with Crippen molar-refractivity contribution in [2.75, 3.05) is 34.5 Å². The fourth-order valence-electron chi connectivity index (χ4n) is 4.09. The SMILES string of the molecule is COc1cc(-c2cc(CN(C[C@H]3CCCO3)S(=O)(=O)Cc3ccccc3)no2)cc(OC)c1OC. The van der Waals surface area contributed by atoms with Gasteiger partial charge in [-0.1, -0.05) is 35.5 Å². The highest BCUT2D eigenvalue weighted by Gasteiger charge is 2.29. The quantitative estimate of drug-likeness (QED) is 0.390. The van der Waals surface area contributed by atoms with Crippen LogP contribution in [0.5, 0.6) is 17.2 Å². The Hall–Kier alpha value is -3.08. The molecule has 1 fully saturated rings. The minimum absolute atomic E-state index is 0.0724. The summed E-state index contributed by atoms with van der Waals surface area (Å²) in [7, 11) is 0.972. The van der Waals surface area contributed by atoms with Gasteiger partial charge < -0.3 is 23.5 Å². The summed E-state index contributed by atoms with van der Waals surface area (Å²) in [4.78, 5) is 0. The number of ether oxygens (including phenoxy) is 4. The van der Waals surface area contributed by atoms with Crippen molar-refractivity contribution in [3.8, 4) is 28.6 Å². The predicted octanol–water partition coefficient (Wildman–Crippen LogP) is 3.88. The summed E-state index contributed by atoms with van der Waals surface area (Å²) in [5.41, 5.74) is 1.88. The molecular formula is C25H30N2O7S. The van der Waals surface area contributed by atoms with Crippen LogP contribution in [0.4, 0.5) is 0 Å². The largest absolute Gasteiger partial charge is 0.493 e. The van der Waals surface area contributed by atoms with Gasteiger partial charge in [0.2, 0.25) is 15.8 Å². The van der Waals surface area contributed by atoms with Gasteiger partial charge in [0.05, 0.1) is 45.4 Å². The third-order valence-electron chi connectivity index (χ3n) is 5.86. The lowest BCUT2D eigenvalue weighted by molar-refractivity contribution is 0.0921. The molecule has 0 spiro atoms. The lowest BCUT2D eigenvalue weighted by atomic mass is 10.1. The van der Waals surface area contributed by atoms with E-state index in [9.17, 15) is 8.42 Å². The molecule has 0 radical (unpaired) electrons. The number of aromatic nitrogens is 1. The van der Waals surface area contributed by atoms with Crippen LogP contribution in [0.25, 0.3) is 11.3 Å². The maximum atomic E-state index is 13.4. The maximum absolute atomic E-state index is 13.4. The highest BCUT2D eigenvalue weighted by Crippen LogP contribution is 2.41. The van der Waals surface area contributed by atoms with E-state index in [0.717, 1.165) is 18.4 Å². The predicted molar refractivity (Wildman–Crippen MR) is 130 cm³/mol. The van der Waals surface area contributed by atoms with Gasteiger partial charge in [0, 0.05) is 24.8 Å². The zero-order valence-electron chi connectivity index (χ0n) is 20.1. The monoisotopic (exact) mass is 502 g/mol. The third kappa shape index (κ3) is 5.95. The number of rotatable bonds is 11. The van der Waals surface area contributed by atoms with Crippen molar-refractivity contribution in [1.82, 2.24) is 9.46 Å². The van der Waals surface area contributed by atoms with E-state index in [1.807, 2.05) is 18.2 Å². The molecular weight excluding hydrogens is 472 g/mol. The van der Waals surface area contributed by atoms with Crippen LogP contribution in [0.3, 0.4) is 0 Å². The van der Waals surface area contributed by atoms with E-state index >= 15 is 0 Å². The van der Waals surface area contributed by atoms with Crippen molar-refractivity contribution in [3.63, 3.8) is 0 Å². The van der Waals surface area contributed by atoms with Crippen LogP contribution in [0.1, 0.15) is 24.1 Å². The van der Waals surface area contributed by atoms with Crippen molar-refractivity contribution in [2.45, 2.75) is 31.2 Å². The summed E-state index contributed by atoms with van der Waals surface area (Å²) in [6.07, 6.45) is 1.61. The summed E-state index contributed by atoms with van der Waals surface area (Å²) in [5, 5.41) is 4.15. The van der Waals surface area contributed by atoms with Gasteiger partial charge in [-0.15, -0.1) is 0 Å². The van der Waals surface area contributed by atoms with Crippen molar-refractivity contribution >= 4 is 10.0 Å². The number of methoxy groups -OCH3 is 3. The first-order valence-electron chi connectivity index (χ1n) is 11.3. The molecule has 0 unspecified atom stereocenters. The molecule has 10 heteroatoms. The zero-order valence-corrected chi connectivity index (χ0v) is 20.9. The Morgan fingerprint density at radius 3 is 2.34 bits per heavy atom. The van der Waals surface area contributed by atoms with Crippen LogP contribution < -0.4 is 14.2 Å². The second kappa shape index (κ2) is 11.1. The van der Waals surface area contributed by atoms with Crippen molar-refractivity contribution in [1.29, 1.82) is 0 Å². The molecule has 35 heavy (non-hydrogen) atoms. The lowest BCUT2D eigenvalue weighted by Crippen LogP contribution is -2.37. The molecule has 2 aromatic carbocycles. The smallest absolute Gasteiger partial charge is 0.218 e. The van der Waals surface area contributed by atoms with Gasteiger partial charge in [-0.25, -0.2) is 8.42 Å². The number of sulfonamides is 1. The Bertz CT molecular complexity index is 1200. The average Bonchev–Trinajstić information content (AvgIpc) is 3.55. The van der Waals surface area contributed by atoms with Gasteiger partial charge in [0.1, 0.15) is 0 Å². The zero-order chi connectivity index (χ0) is 24.8. The van der Waals surface area contributed by atoms with Crippen molar-refractivity contribution in [2.24, 2.45) is 0 Å². The van der Waals surface area contributed by atoms with Gasteiger partial charge in [0.15, 0.2) is 17.3 Å². The molecule has 1 atom stereocenters. The molecule has 0 aliphatic carbocycles. The normalized spacial score (nSPS) is 15.9. The standard InChI is InChI=1S/C25H30N2O7S/c1-30-23-12-19(13-24(31-2)25(23)32-3)22-14-20(26-34-22)15-27(16-21-10-7-11-33-21)35(28,29)17-18-8-5-4-6-9-18/h4-6,8-9,12-14,21H,7,10-11,15-17H2,1-3H3/t21-/m1/s1. The average molecular weight is 503 g/mol. The molecule has 3 aromatic rings. The molecule has 1 aromatic heterocycles.